The van der Waals surface area contributed by atoms with E-state index in [0.717, 1.165) is 25.6 Å². The van der Waals surface area contributed by atoms with Crippen LogP contribution in [0, 0.1) is 0 Å². The molecule has 0 bridgehead atoms. The molecule has 1 heterocycles. The van der Waals surface area contributed by atoms with Gasteiger partial charge in [0.25, 0.3) is 0 Å². The van der Waals surface area contributed by atoms with Crippen LogP contribution >= 0.6 is 0 Å². The second-order valence-corrected chi connectivity index (χ2v) is 4.99. The summed E-state index contributed by atoms with van der Waals surface area (Å²) in [5.74, 6) is 6.47. The van der Waals surface area contributed by atoms with Crippen LogP contribution in [0.2, 0.25) is 0 Å². The predicted molar refractivity (Wildman–Crippen MR) is 66.1 cm³/mol. The molecule has 0 spiro atoms. The van der Waals surface area contributed by atoms with Crippen LogP contribution in [-0.2, 0) is 0 Å². The standard InChI is InChI=1S/C11H23N5/c1-9-8-15(2)6-3-7-16(9)11(14-12)13-10-4-5-10/h9-10H,3-8,12H2,1-2H3,(H,13,14). The van der Waals surface area contributed by atoms with Gasteiger partial charge in [0.2, 0.25) is 5.96 Å². The van der Waals surface area contributed by atoms with E-state index in [1.165, 1.54) is 19.3 Å². The van der Waals surface area contributed by atoms with Gasteiger partial charge in [-0.05, 0) is 39.8 Å². The summed E-state index contributed by atoms with van der Waals surface area (Å²) in [5, 5.41) is 0. The van der Waals surface area contributed by atoms with Crippen molar-refractivity contribution < 1.29 is 0 Å². The average Bonchev–Trinajstić information content (AvgIpc) is 3.04. The molecule has 3 N–H and O–H groups in total. The lowest BCUT2D eigenvalue weighted by molar-refractivity contribution is 0.280. The second kappa shape index (κ2) is 5.01. The van der Waals surface area contributed by atoms with Crippen LogP contribution in [0.1, 0.15) is 26.2 Å². The van der Waals surface area contributed by atoms with Crippen LogP contribution in [0.5, 0.6) is 0 Å². The predicted octanol–water partition coefficient (Wildman–Crippen LogP) is -0.00590. The van der Waals surface area contributed by atoms with Crippen LogP contribution in [0.4, 0.5) is 0 Å². The molecule has 2 rings (SSSR count). The maximum Gasteiger partial charge on any atom is 0.208 e. The fourth-order valence-electron chi connectivity index (χ4n) is 2.26. The summed E-state index contributed by atoms with van der Waals surface area (Å²) in [4.78, 5) is 9.31. The number of guanidine groups is 1. The first kappa shape index (κ1) is 11.7. The normalized spacial score (nSPS) is 29.1. The third kappa shape index (κ3) is 2.86. The van der Waals surface area contributed by atoms with Gasteiger partial charge in [0, 0.05) is 19.1 Å². The van der Waals surface area contributed by atoms with Gasteiger partial charge in [-0.25, -0.2) is 10.8 Å². The van der Waals surface area contributed by atoms with Crippen molar-refractivity contribution in [1.82, 2.24) is 15.2 Å². The summed E-state index contributed by atoms with van der Waals surface area (Å²) >= 11 is 0. The summed E-state index contributed by atoms with van der Waals surface area (Å²) in [6.07, 6.45) is 3.60. The Morgan fingerprint density at radius 1 is 1.38 bits per heavy atom. The van der Waals surface area contributed by atoms with Gasteiger partial charge in [0.05, 0.1) is 6.04 Å². The van der Waals surface area contributed by atoms with Crippen molar-refractivity contribution in [2.75, 3.05) is 26.7 Å². The Kier molecular flexibility index (Phi) is 3.66. The molecule has 2 aliphatic rings. The third-order valence-corrected chi connectivity index (χ3v) is 3.30. The summed E-state index contributed by atoms with van der Waals surface area (Å²) in [7, 11) is 2.17. The molecule has 1 unspecified atom stereocenters. The van der Waals surface area contributed by atoms with Gasteiger partial charge < -0.3 is 9.80 Å². The van der Waals surface area contributed by atoms with E-state index in [1.54, 1.807) is 0 Å². The Labute approximate surface area is 97.7 Å². The number of hydrogen-bond donors (Lipinski definition) is 2. The zero-order chi connectivity index (χ0) is 11.5. The van der Waals surface area contributed by atoms with E-state index >= 15 is 0 Å². The van der Waals surface area contributed by atoms with Crippen molar-refractivity contribution in [3.05, 3.63) is 0 Å². The molecule has 2 fully saturated rings. The minimum absolute atomic E-state index is 0.473. The van der Waals surface area contributed by atoms with Gasteiger partial charge in [-0.3, -0.25) is 5.43 Å². The maximum absolute atomic E-state index is 5.59. The van der Waals surface area contributed by atoms with E-state index in [9.17, 15) is 0 Å². The van der Waals surface area contributed by atoms with Crippen LogP contribution < -0.4 is 11.3 Å². The highest BCUT2D eigenvalue weighted by Crippen LogP contribution is 2.24. The van der Waals surface area contributed by atoms with E-state index in [-0.39, 0.29) is 0 Å². The number of nitrogens with one attached hydrogen (secondary N) is 1. The van der Waals surface area contributed by atoms with Gasteiger partial charge in [0.1, 0.15) is 0 Å². The average molecular weight is 225 g/mol. The van der Waals surface area contributed by atoms with Crippen molar-refractivity contribution in [2.24, 2.45) is 10.8 Å². The molecule has 1 aliphatic carbocycles. The minimum atomic E-state index is 0.473. The lowest BCUT2D eigenvalue weighted by atomic mass is 10.3. The zero-order valence-electron chi connectivity index (χ0n) is 10.3. The molecule has 92 valence electrons. The molecule has 5 nitrogen and oxygen atoms in total. The van der Waals surface area contributed by atoms with E-state index in [1.807, 2.05) is 0 Å². The molecular formula is C11H23N5. The Morgan fingerprint density at radius 3 is 2.75 bits per heavy atom. The van der Waals surface area contributed by atoms with Gasteiger partial charge in [-0.1, -0.05) is 0 Å². The molecule has 0 aromatic carbocycles. The van der Waals surface area contributed by atoms with E-state index in [2.05, 4.69) is 34.2 Å². The van der Waals surface area contributed by atoms with Crippen molar-refractivity contribution in [3.8, 4) is 0 Å². The number of rotatable bonds is 1. The van der Waals surface area contributed by atoms with Crippen LogP contribution in [0.3, 0.4) is 0 Å². The first-order chi connectivity index (χ1) is 7.70. The number of likely N-dealkylation sites (N-methyl/N-ethyl adjacent to an activating group) is 1. The topological polar surface area (TPSA) is 56.9 Å². The molecule has 16 heavy (non-hydrogen) atoms. The Hall–Kier alpha value is -0.810. The van der Waals surface area contributed by atoms with E-state index in [0.29, 0.717) is 12.1 Å². The highest BCUT2D eigenvalue weighted by atomic mass is 15.4. The molecule has 1 saturated heterocycles. The summed E-state index contributed by atoms with van der Waals surface area (Å²) in [6, 6.07) is 0.986. The van der Waals surface area contributed by atoms with Crippen LogP contribution in [0.15, 0.2) is 4.99 Å². The molecule has 1 atom stereocenters. The molecule has 1 aliphatic heterocycles. The Morgan fingerprint density at radius 2 is 2.12 bits per heavy atom. The van der Waals surface area contributed by atoms with Crippen molar-refractivity contribution >= 4 is 5.96 Å². The summed E-state index contributed by atoms with van der Waals surface area (Å²) < 4.78 is 0. The number of hydrazine groups is 1. The molecule has 1 saturated carbocycles. The second-order valence-electron chi connectivity index (χ2n) is 4.99. The molecule has 0 aromatic heterocycles. The van der Waals surface area contributed by atoms with Gasteiger partial charge >= 0.3 is 0 Å². The largest absolute Gasteiger partial charge is 0.338 e. The molecule has 0 amide bonds. The summed E-state index contributed by atoms with van der Waals surface area (Å²) in [5.41, 5.74) is 2.77. The highest BCUT2D eigenvalue weighted by molar-refractivity contribution is 5.80. The molecule has 5 heteroatoms. The van der Waals surface area contributed by atoms with Crippen molar-refractivity contribution in [3.63, 3.8) is 0 Å². The first-order valence-corrected chi connectivity index (χ1v) is 6.20. The highest BCUT2D eigenvalue weighted by Gasteiger charge is 2.26. The number of nitrogens with two attached hydrogens (primary N) is 1. The fourth-order valence-corrected chi connectivity index (χ4v) is 2.26. The van der Waals surface area contributed by atoms with E-state index < -0.39 is 0 Å². The quantitative estimate of drug-likeness (QED) is 0.285. The SMILES string of the molecule is CC1CN(C)CCCN1C(=NC1CC1)NN. The van der Waals surface area contributed by atoms with Gasteiger partial charge in [-0.2, -0.15) is 0 Å². The van der Waals surface area contributed by atoms with Crippen LogP contribution in [0.25, 0.3) is 0 Å². The van der Waals surface area contributed by atoms with Crippen LogP contribution in [-0.4, -0.2) is 54.5 Å². The van der Waals surface area contributed by atoms with Gasteiger partial charge in [0.15, 0.2) is 0 Å². The van der Waals surface area contributed by atoms with Crippen molar-refractivity contribution in [2.45, 2.75) is 38.3 Å². The monoisotopic (exact) mass is 225 g/mol. The Balaban J connectivity index is 2.04. The summed E-state index contributed by atoms with van der Waals surface area (Å²) in [6.45, 7) is 5.51. The van der Waals surface area contributed by atoms with Gasteiger partial charge in [-0.15, -0.1) is 0 Å². The first-order valence-electron chi connectivity index (χ1n) is 6.20. The Bertz CT molecular complexity index is 261. The van der Waals surface area contributed by atoms with Crippen molar-refractivity contribution in [1.29, 1.82) is 0 Å². The number of hydrogen-bond acceptors (Lipinski definition) is 3. The molecule has 0 aromatic rings. The molecule has 0 radical (unpaired) electrons. The van der Waals surface area contributed by atoms with E-state index in [4.69, 9.17) is 5.84 Å². The number of aliphatic imine (C=N–C) groups is 1. The minimum Gasteiger partial charge on any atom is -0.338 e. The number of nitrogens with zero attached hydrogens (tertiary/aromatic N) is 3. The smallest absolute Gasteiger partial charge is 0.208 e. The lowest BCUT2D eigenvalue weighted by Crippen LogP contribution is -2.50. The fraction of sp³-hybridized carbons (Fsp3) is 0.909. The zero-order valence-corrected chi connectivity index (χ0v) is 10.3. The third-order valence-electron chi connectivity index (χ3n) is 3.30. The maximum atomic E-state index is 5.59. The lowest BCUT2D eigenvalue weighted by Gasteiger charge is -2.30. The molecular weight excluding hydrogens is 202 g/mol.